The third kappa shape index (κ3) is 3.28. The van der Waals surface area contributed by atoms with E-state index in [2.05, 4.69) is 5.32 Å². The van der Waals surface area contributed by atoms with Crippen molar-refractivity contribution in [3.8, 4) is 0 Å². The summed E-state index contributed by atoms with van der Waals surface area (Å²) >= 11 is 6.02. The molecule has 1 aromatic rings. The lowest BCUT2D eigenvalue weighted by Gasteiger charge is -2.11. The van der Waals surface area contributed by atoms with Gasteiger partial charge < -0.3 is 5.32 Å². The normalized spacial score (nSPS) is 21.7. The first-order valence-corrected chi connectivity index (χ1v) is 7.09. The molecule has 2 unspecified atom stereocenters. The van der Waals surface area contributed by atoms with Gasteiger partial charge in [-0.3, -0.25) is 14.9 Å². The van der Waals surface area contributed by atoms with Gasteiger partial charge in [0.1, 0.15) is 5.56 Å². The number of nitro groups is 1. The Hall–Kier alpha value is -1.62. The van der Waals surface area contributed by atoms with Crippen molar-refractivity contribution in [2.75, 3.05) is 6.54 Å². The molecule has 1 amide bonds. The standard InChI is InChI=1S/C14H17ClN2O3/c1-9-3-2-4-12(13(9)17(19)20)14(18)16-8-10-5-6-11(15)7-10/h2-4,10-11H,5-8H2,1H3,(H,16,18). The minimum absolute atomic E-state index is 0.119. The predicted octanol–water partition coefficient (Wildman–Crippen LogP) is 3.04. The number of nitrogens with zero attached hydrogens (tertiary/aromatic N) is 1. The van der Waals surface area contributed by atoms with Crippen molar-refractivity contribution in [1.29, 1.82) is 0 Å². The Kier molecular flexibility index (Phi) is 4.60. The number of amides is 1. The van der Waals surface area contributed by atoms with Gasteiger partial charge in [0, 0.05) is 17.5 Å². The summed E-state index contributed by atoms with van der Waals surface area (Å²) in [4.78, 5) is 22.7. The largest absolute Gasteiger partial charge is 0.352 e. The molecule has 1 fully saturated rings. The Morgan fingerprint density at radius 2 is 2.25 bits per heavy atom. The Bertz CT molecular complexity index is 533. The van der Waals surface area contributed by atoms with Crippen LogP contribution in [0.3, 0.4) is 0 Å². The van der Waals surface area contributed by atoms with Gasteiger partial charge in [-0.2, -0.15) is 0 Å². The molecule has 1 aliphatic rings. The van der Waals surface area contributed by atoms with E-state index in [-0.39, 0.29) is 16.6 Å². The molecule has 0 bridgehead atoms. The fraction of sp³-hybridized carbons (Fsp3) is 0.500. The molecular weight excluding hydrogens is 280 g/mol. The van der Waals surface area contributed by atoms with Crippen LogP contribution in [0.25, 0.3) is 0 Å². The lowest BCUT2D eigenvalue weighted by Crippen LogP contribution is -2.29. The summed E-state index contributed by atoms with van der Waals surface area (Å²) in [5.74, 6) is -0.0243. The number of benzene rings is 1. The van der Waals surface area contributed by atoms with Gasteiger partial charge in [0.05, 0.1) is 4.92 Å². The number of para-hydroxylation sites is 1. The molecule has 0 radical (unpaired) electrons. The number of hydrogen-bond donors (Lipinski definition) is 1. The molecule has 5 nitrogen and oxygen atoms in total. The van der Waals surface area contributed by atoms with Gasteiger partial charge in [-0.05, 0) is 38.2 Å². The molecule has 6 heteroatoms. The molecule has 2 rings (SSSR count). The molecule has 0 aliphatic heterocycles. The van der Waals surface area contributed by atoms with Crippen LogP contribution >= 0.6 is 11.6 Å². The van der Waals surface area contributed by atoms with E-state index in [4.69, 9.17) is 11.6 Å². The van der Waals surface area contributed by atoms with Crippen molar-refractivity contribution in [3.63, 3.8) is 0 Å². The number of hydrogen-bond acceptors (Lipinski definition) is 3. The third-order valence-corrected chi connectivity index (χ3v) is 4.09. The van der Waals surface area contributed by atoms with Gasteiger partial charge in [-0.1, -0.05) is 12.1 Å². The summed E-state index contributed by atoms with van der Waals surface area (Å²) in [5.41, 5.74) is 0.492. The average molecular weight is 297 g/mol. The Morgan fingerprint density at radius 3 is 2.85 bits per heavy atom. The second-order valence-electron chi connectivity index (χ2n) is 5.21. The van der Waals surface area contributed by atoms with Crippen molar-refractivity contribution in [3.05, 3.63) is 39.4 Å². The van der Waals surface area contributed by atoms with Crippen LogP contribution in [0, 0.1) is 23.0 Å². The highest BCUT2D eigenvalue weighted by atomic mass is 35.5. The van der Waals surface area contributed by atoms with E-state index in [1.807, 2.05) is 0 Å². The Balaban J connectivity index is 2.06. The lowest BCUT2D eigenvalue weighted by atomic mass is 10.1. The number of carbonyl (C=O) groups excluding carboxylic acids is 1. The van der Waals surface area contributed by atoms with Crippen LogP contribution in [0.4, 0.5) is 5.69 Å². The molecule has 1 aliphatic carbocycles. The molecule has 0 heterocycles. The van der Waals surface area contributed by atoms with E-state index in [9.17, 15) is 14.9 Å². The summed E-state index contributed by atoms with van der Waals surface area (Å²) in [6, 6.07) is 4.77. The zero-order valence-electron chi connectivity index (χ0n) is 11.3. The van der Waals surface area contributed by atoms with Gasteiger partial charge in [0.15, 0.2) is 0 Å². The van der Waals surface area contributed by atoms with E-state index in [0.717, 1.165) is 19.3 Å². The zero-order chi connectivity index (χ0) is 14.7. The average Bonchev–Trinajstić information content (AvgIpc) is 2.81. The minimum Gasteiger partial charge on any atom is -0.352 e. The molecule has 1 N–H and O–H groups in total. The number of carbonyl (C=O) groups is 1. The van der Waals surface area contributed by atoms with Gasteiger partial charge in [0.2, 0.25) is 0 Å². The smallest absolute Gasteiger partial charge is 0.285 e. The fourth-order valence-electron chi connectivity index (χ4n) is 2.62. The molecule has 20 heavy (non-hydrogen) atoms. The quantitative estimate of drug-likeness (QED) is 0.527. The highest BCUT2D eigenvalue weighted by molar-refractivity contribution is 6.20. The van der Waals surface area contributed by atoms with Crippen molar-refractivity contribution in [2.24, 2.45) is 5.92 Å². The van der Waals surface area contributed by atoms with Crippen LogP contribution in [-0.2, 0) is 0 Å². The summed E-state index contributed by atoms with van der Waals surface area (Å²) in [6.07, 6.45) is 2.84. The Labute approximate surface area is 122 Å². The van der Waals surface area contributed by atoms with E-state index in [1.165, 1.54) is 6.07 Å². The second kappa shape index (κ2) is 6.22. The zero-order valence-corrected chi connectivity index (χ0v) is 12.0. The number of aryl methyl sites for hydroxylation is 1. The van der Waals surface area contributed by atoms with Crippen molar-refractivity contribution < 1.29 is 9.72 Å². The topological polar surface area (TPSA) is 72.2 Å². The number of alkyl halides is 1. The van der Waals surface area contributed by atoms with E-state index in [0.29, 0.717) is 18.0 Å². The van der Waals surface area contributed by atoms with Crippen LogP contribution in [-0.4, -0.2) is 22.8 Å². The van der Waals surface area contributed by atoms with Crippen molar-refractivity contribution in [2.45, 2.75) is 31.6 Å². The first-order chi connectivity index (χ1) is 9.49. The second-order valence-corrected chi connectivity index (χ2v) is 5.83. The molecule has 1 saturated carbocycles. The molecular formula is C14H17ClN2O3. The molecule has 2 atom stereocenters. The number of nitro benzene ring substituents is 1. The van der Waals surface area contributed by atoms with Crippen LogP contribution < -0.4 is 5.32 Å². The monoisotopic (exact) mass is 296 g/mol. The van der Waals surface area contributed by atoms with Gasteiger partial charge in [-0.15, -0.1) is 11.6 Å². The van der Waals surface area contributed by atoms with Crippen LogP contribution in [0.2, 0.25) is 0 Å². The Morgan fingerprint density at radius 1 is 1.50 bits per heavy atom. The SMILES string of the molecule is Cc1cccc(C(=O)NCC2CCC(Cl)C2)c1[N+](=O)[O-]. The maximum absolute atomic E-state index is 12.1. The number of nitrogens with one attached hydrogen (secondary N) is 1. The van der Waals surface area contributed by atoms with Crippen LogP contribution in [0.1, 0.15) is 35.2 Å². The number of halogens is 1. The molecule has 108 valence electrons. The first-order valence-electron chi connectivity index (χ1n) is 6.65. The number of rotatable bonds is 4. The van der Waals surface area contributed by atoms with Gasteiger partial charge in [-0.25, -0.2) is 0 Å². The van der Waals surface area contributed by atoms with Gasteiger partial charge in [0.25, 0.3) is 11.6 Å². The van der Waals surface area contributed by atoms with Crippen LogP contribution in [0.5, 0.6) is 0 Å². The minimum atomic E-state index is -0.505. The van der Waals surface area contributed by atoms with E-state index >= 15 is 0 Å². The maximum Gasteiger partial charge on any atom is 0.285 e. The molecule has 0 aromatic heterocycles. The van der Waals surface area contributed by atoms with Crippen molar-refractivity contribution in [1.82, 2.24) is 5.32 Å². The molecule has 0 spiro atoms. The summed E-state index contributed by atoms with van der Waals surface area (Å²) in [6.45, 7) is 2.15. The fourth-order valence-corrected chi connectivity index (χ4v) is 2.99. The first kappa shape index (κ1) is 14.8. The highest BCUT2D eigenvalue weighted by Gasteiger charge is 2.25. The lowest BCUT2D eigenvalue weighted by molar-refractivity contribution is -0.385. The summed E-state index contributed by atoms with van der Waals surface area (Å²) < 4.78 is 0. The summed E-state index contributed by atoms with van der Waals surface area (Å²) in [7, 11) is 0. The maximum atomic E-state index is 12.1. The van der Waals surface area contributed by atoms with E-state index < -0.39 is 10.8 Å². The van der Waals surface area contributed by atoms with E-state index in [1.54, 1.807) is 19.1 Å². The van der Waals surface area contributed by atoms with Crippen molar-refractivity contribution >= 4 is 23.2 Å². The summed E-state index contributed by atoms with van der Waals surface area (Å²) in [5, 5.41) is 14.0. The third-order valence-electron chi connectivity index (χ3n) is 3.69. The van der Waals surface area contributed by atoms with Gasteiger partial charge >= 0.3 is 0 Å². The van der Waals surface area contributed by atoms with Crippen LogP contribution in [0.15, 0.2) is 18.2 Å². The highest BCUT2D eigenvalue weighted by Crippen LogP contribution is 2.29. The molecule has 0 saturated heterocycles. The predicted molar refractivity (Wildman–Crippen MR) is 77.1 cm³/mol. The molecule has 1 aromatic carbocycles.